The number of rotatable bonds is 7. The number of amides is 1. The van der Waals surface area contributed by atoms with Gasteiger partial charge in [0.2, 0.25) is 5.91 Å². The first-order chi connectivity index (χ1) is 10.9. The molecule has 0 bridgehead atoms. The summed E-state index contributed by atoms with van der Waals surface area (Å²) in [7, 11) is 0. The van der Waals surface area contributed by atoms with Crippen LogP contribution in [0.5, 0.6) is 0 Å². The summed E-state index contributed by atoms with van der Waals surface area (Å²) in [5.74, 6) is 0.730. The molecule has 0 spiro atoms. The maximum atomic E-state index is 12.2. The molecule has 1 N–H and O–H groups in total. The molecule has 0 fully saturated rings. The number of nitrogens with one attached hydrogen (secondary N) is 1. The van der Waals surface area contributed by atoms with Crippen LogP contribution in [0.2, 0.25) is 5.02 Å². The Morgan fingerprint density at radius 2 is 2.17 bits per heavy atom. The lowest BCUT2D eigenvalue weighted by molar-refractivity contribution is -0.115. The molecule has 0 aliphatic heterocycles. The van der Waals surface area contributed by atoms with Crippen molar-refractivity contribution >= 4 is 58.1 Å². The summed E-state index contributed by atoms with van der Waals surface area (Å²) >= 11 is 10.4. The minimum Gasteiger partial charge on any atom is -0.325 e. The molecule has 0 saturated carbocycles. The highest BCUT2D eigenvalue weighted by Crippen LogP contribution is 2.32. The van der Waals surface area contributed by atoms with E-state index in [1.54, 1.807) is 36.0 Å². The lowest BCUT2D eigenvalue weighted by Gasteiger charge is -2.10. The van der Waals surface area contributed by atoms with Crippen LogP contribution in [0.25, 0.3) is 0 Å². The number of thioether (sulfide) groups is 2. The molecule has 1 aromatic carbocycles. The summed E-state index contributed by atoms with van der Waals surface area (Å²) in [6.07, 6.45) is 0. The Kier molecular flexibility index (Phi) is 6.95. The minimum absolute atomic E-state index is 0.0939. The van der Waals surface area contributed by atoms with Gasteiger partial charge in [0, 0.05) is 16.5 Å². The largest absolute Gasteiger partial charge is 0.325 e. The second kappa shape index (κ2) is 8.73. The molecule has 122 valence electrons. The molecule has 23 heavy (non-hydrogen) atoms. The van der Waals surface area contributed by atoms with Gasteiger partial charge in [-0.25, -0.2) is 0 Å². The second-order valence-corrected chi connectivity index (χ2v) is 9.06. The Bertz CT molecular complexity index is 705. The number of hydrogen-bond donors (Lipinski definition) is 1. The van der Waals surface area contributed by atoms with E-state index in [0.717, 1.165) is 20.0 Å². The first-order valence-electron chi connectivity index (χ1n) is 6.78. The average molecular weight is 386 g/mol. The molecular formula is C15H16ClN3OS3. The van der Waals surface area contributed by atoms with Gasteiger partial charge in [0.25, 0.3) is 0 Å². The van der Waals surface area contributed by atoms with E-state index in [1.807, 2.05) is 13.8 Å². The van der Waals surface area contributed by atoms with Gasteiger partial charge in [-0.15, -0.1) is 10.2 Å². The van der Waals surface area contributed by atoms with Crippen LogP contribution >= 0.6 is 46.5 Å². The summed E-state index contributed by atoms with van der Waals surface area (Å²) in [6.45, 7) is 7.68. The maximum Gasteiger partial charge on any atom is 0.237 e. The second-order valence-electron chi connectivity index (χ2n) is 4.84. The highest BCUT2D eigenvalue weighted by atomic mass is 35.5. The van der Waals surface area contributed by atoms with E-state index in [4.69, 9.17) is 11.6 Å². The zero-order chi connectivity index (χ0) is 16.8. The summed E-state index contributed by atoms with van der Waals surface area (Å²) in [4.78, 5) is 12.2. The van der Waals surface area contributed by atoms with E-state index in [0.29, 0.717) is 10.7 Å². The van der Waals surface area contributed by atoms with E-state index in [1.165, 1.54) is 23.1 Å². The van der Waals surface area contributed by atoms with Gasteiger partial charge in [-0.2, -0.15) is 0 Å². The van der Waals surface area contributed by atoms with Crippen molar-refractivity contribution in [2.75, 3.05) is 11.1 Å². The van der Waals surface area contributed by atoms with E-state index < -0.39 is 0 Å². The normalized spacial score (nSPS) is 12.0. The molecule has 0 radical (unpaired) electrons. The Balaban J connectivity index is 1.89. The molecule has 8 heteroatoms. The summed E-state index contributed by atoms with van der Waals surface area (Å²) in [5.41, 5.74) is 1.78. The minimum atomic E-state index is -0.277. The molecule has 1 aromatic heterocycles. The number of carbonyl (C=O) groups excluding carboxylic acids is 1. The van der Waals surface area contributed by atoms with Crippen LogP contribution in [0.4, 0.5) is 5.69 Å². The zero-order valence-electron chi connectivity index (χ0n) is 12.7. The molecule has 4 nitrogen and oxygen atoms in total. The molecule has 0 saturated heterocycles. The molecule has 1 atom stereocenters. The molecule has 1 amide bonds. The van der Waals surface area contributed by atoms with E-state index >= 15 is 0 Å². The van der Waals surface area contributed by atoms with Crippen molar-refractivity contribution in [3.05, 3.63) is 41.4 Å². The van der Waals surface area contributed by atoms with Crippen LogP contribution in [0.15, 0.2) is 45.1 Å². The SMILES string of the molecule is C=C(C)CSc1nnc(S[C@@H](C)C(=O)Nc2cccc(Cl)c2)s1. The lowest BCUT2D eigenvalue weighted by Crippen LogP contribution is -2.22. The topological polar surface area (TPSA) is 54.9 Å². The molecule has 0 unspecified atom stereocenters. The Morgan fingerprint density at radius 3 is 2.87 bits per heavy atom. The van der Waals surface area contributed by atoms with Crippen molar-refractivity contribution in [2.45, 2.75) is 27.8 Å². The number of halogens is 1. The highest BCUT2D eigenvalue weighted by Gasteiger charge is 2.17. The summed E-state index contributed by atoms with van der Waals surface area (Å²) < 4.78 is 1.67. The van der Waals surface area contributed by atoms with Crippen LogP contribution in [0.1, 0.15) is 13.8 Å². The van der Waals surface area contributed by atoms with Crippen molar-refractivity contribution < 1.29 is 4.79 Å². The molecule has 2 aromatic rings. The fourth-order valence-corrected chi connectivity index (χ4v) is 4.70. The van der Waals surface area contributed by atoms with Crippen LogP contribution in [-0.4, -0.2) is 27.1 Å². The number of aromatic nitrogens is 2. The van der Waals surface area contributed by atoms with Crippen LogP contribution in [0, 0.1) is 0 Å². The van der Waals surface area contributed by atoms with Crippen LogP contribution in [0.3, 0.4) is 0 Å². The maximum absolute atomic E-state index is 12.2. The third kappa shape index (κ3) is 6.18. The third-order valence-electron chi connectivity index (χ3n) is 2.57. The monoisotopic (exact) mass is 385 g/mol. The number of hydrogen-bond acceptors (Lipinski definition) is 6. The van der Waals surface area contributed by atoms with E-state index in [2.05, 4.69) is 22.1 Å². The smallest absolute Gasteiger partial charge is 0.237 e. The predicted octanol–water partition coefficient (Wildman–Crippen LogP) is 4.98. The van der Waals surface area contributed by atoms with Gasteiger partial charge < -0.3 is 5.32 Å². The molecule has 1 heterocycles. The summed E-state index contributed by atoms with van der Waals surface area (Å²) in [5, 5.41) is 11.4. The van der Waals surface area contributed by atoms with Gasteiger partial charge in [-0.3, -0.25) is 4.79 Å². The fourth-order valence-electron chi connectivity index (χ4n) is 1.50. The molecule has 0 aliphatic carbocycles. The Labute approximate surface area is 153 Å². The number of carbonyl (C=O) groups is 1. The number of anilines is 1. The first kappa shape index (κ1) is 18.3. The van der Waals surface area contributed by atoms with Crippen molar-refractivity contribution in [1.29, 1.82) is 0 Å². The average Bonchev–Trinajstić information content (AvgIpc) is 2.92. The van der Waals surface area contributed by atoms with Gasteiger partial charge in [0.1, 0.15) is 0 Å². The van der Waals surface area contributed by atoms with Crippen molar-refractivity contribution in [2.24, 2.45) is 0 Å². The Morgan fingerprint density at radius 1 is 1.43 bits per heavy atom. The quantitative estimate of drug-likeness (QED) is 0.538. The lowest BCUT2D eigenvalue weighted by atomic mass is 10.3. The van der Waals surface area contributed by atoms with Gasteiger partial charge in [-0.05, 0) is 32.0 Å². The molecular weight excluding hydrogens is 370 g/mol. The van der Waals surface area contributed by atoms with Crippen LogP contribution in [-0.2, 0) is 4.79 Å². The summed E-state index contributed by atoms with van der Waals surface area (Å²) in [6, 6.07) is 7.08. The first-order valence-corrected chi connectivity index (χ1v) is 9.84. The Hall–Kier alpha value is -1.02. The van der Waals surface area contributed by atoms with Gasteiger partial charge in [0.15, 0.2) is 8.68 Å². The number of nitrogens with zero attached hydrogens (tertiary/aromatic N) is 2. The molecule has 2 rings (SSSR count). The van der Waals surface area contributed by atoms with Crippen molar-refractivity contribution in [1.82, 2.24) is 10.2 Å². The van der Waals surface area contributed by atoms with E-state index in [-0.39, 0.29) is 11.2 Å². The standard InChI is InChI=1S/C15H16ClN3OS3/c1-9(2)8-21-14-18-19-15(23-14)22-10(3)13(20)17-12-6-4-5-11(16)7-12/h4-7,10H,1,8H2,2-3H3,(H,17,20)/t10-/m0/s1. The van der Waals surface area contributed by atoms with Crippen LogP contribution < -0.4 is 5.32 Å². The number of benzene rings is 1. The highest BCUT2D eigenvalue weighted by molar-refractivity contribution is 8.04. The molecule has 0 aliphatic rings. The predicted molar refractivity (Wildman–Crippen MR) is 101 cm³/mol. The van der Waals surface area contributed by atoms with Gasteiger partial charge in [-0.1, -0.05) is 64.7 Å². The van der Waals surface area contributed by atoms with E-state index in [9.17, 15) is 4.79 Å². The zero-order valence-corrected chi connectivity index (χ0v) is 15.9. The van der Waals surface area contributed by atoms with Crippen molar-refractivity contribution in [3.8, 4) is 0 Å². The fraction of sp³-hybridized carbons (Fsp3) is 0.267. The van der Waals surface area contributed by atoms with Gasteiger partial charge in [0.05, 0.1) is 5.25 Å². The van der Waals surface area contributed by atoms with Gasteiger partial charge >= 0.3 is 0 Å². The van der Waals surface area contributed by atoms with Crippen molar-refractivity contribution in [3.63, 3.8) is 0 Å². The third-order valence-corrected chi connectivity index (χ3v) is 6.28.